The Labute approximate surface area is 116 Å². The van der Waals surface area contributed by atoms with Gasteiger partial charge < -0.3 is 14.7 Å². The number of hydrogen-bond donors (Lipinski definition) is 1. The largest absolute Gasteiger partial charge is 0.387 e. The summed E-state index contributed by atoms with van der Waals surface area (Å²) in [5.74, 6) is 0. The van der Waals surface area contributed by atoms with E-state index in [1.807, 2.05) is 18.3 Å². The van der Waals surface area contributed by atoms with E-state index in [0.717, 1.165) is 25.1 Å². The number of pyridine rings is 1. The Hall–Kier alpha value is -1.13. The molecule has 1 aromatic heterocycles. The van der Waals surface area contributed by atoms with E-state index in [1.54, 1.807) is 14.0 Å². The molecule has 0 fully saturated rings. The molecule has 19 heavy (non-hydrogen) atoms. The van der Waals surface area contributed by atoms with Gasteiger partial charge in [0, 0.05) is 19.7 Å². The van der Waals surface area contributed by atoms with E-state index < -0.39 is 6.10 Å². The van der Waals surface area contributed by atoms with Crippen molar-refractivity contribution in [1.82, 2.24) is 4.98 Å². The molecule has 0 saturated carbocycles. The summed E-state index contributed by atoms with van der Waals surface area (Å²) in [6.07, 6.45) is 3.52. The maximum Gasteiger partial charge on any atom is 0.0931 e. The standard InChI is InChI=1S/C15H26N2O2/c1-5-13(6-2)17(9-10-19-4)14-7-8-15(12(3)18)16-11-14/h7-8,11-13,18H,5-6,9-10H2,1-4H3. The monoisotopic (exact) mass is 266 g/mol. The van der Waals surface area contributed by atoms with E-state index >= 15 is 0 Å². The van der Waals surface area contributed by atoms with E-state index in [9.17, 15) is 5.11 Å². The first kappa shape index (κ1) is 15.9. The maximum atomic E-state index is 9.50. The van der Waals surface area contributed by atoms with E-state index in [-0.39, 0.29) is 0 Å². The van der Waals surface area contributed by atoms with Crippen LogP contribution < -0.4 is 4.90 Å². The third-order valence-corrected chi connectivity index (χ3v) is 3.45. The lowest BCUT2D eigenvalue weighted by atomic mass is 10.1. The van der Waals surface area contributed by atoms with Crippen molar-refractivity contribution in [2.45, 2.75) is 45.8 Å². The second-order valence-corrected chi connectivity index (χ2v) is 4.77. The number of methoxy groups -OCH3 is 1. The summed E-state index contributed by atoms with van der Waals surface area (Å²) in [4.78, 5) is 6.66. The molecule has 0 bridgehead atoms. The fourth-order valence-corrected chi connectivity index (χ4v) is 2.26. The van der Waals surface area contributed by atoms with Gasteiger partial charge in [0.25, 0.3) is 0 Å². The molecule has 0 radical (unpaired) electrons. The van der Waals surface area contributed by atoms with Crippen LogP contribution in [0.3, 0.4) is 0 Å². The van der Waals surface area contributed by atoms with Crippen LogP contribution in [0.1, 0.15) is 45.4 Å². The minimum absolute atomic E-state index is 0.495. The first-order valence-electron chi connectivity index (χ1n) is 7.03. The van der Waals surface area contributed by atoms with Crippen molar-refractivity contribution in [2.24, 2.45) is 0 Å². The Kier molecular flexibility index (Phi) is 6.81. The molecule has 1 aromatic rings. The molecule has 0 aromatic carbocycles. The molecule has 4 nitrogen and oxygen atoms in total. The minimum atomic E-state index is -0.519. The Bertz CT molecular complexity index is 348. The molecular weight excluding hydrogens is 240 g/mol. The molecule has 1 rings (SSSR count). The number of aliphatic hydroxyl groups is 1. The van der Waals surface area contributed by atoms with Crippen molar-refractivity contribution in [2.75, 3.05) is 25.2 Å². The molecule has 0 aliphatic carbocycles. The first-order valence-corrected chi connectivity index (χ1v) is 7.03. The van der Waals surface area contributed by atoms with Gasteiger partial charge in [-0.05, 0) is 31.9 Å². The fraction of sp³-hybridized carbons (Fsp3) is 0.667. The molecule has 1 N–H and O–H groups in total. The molecule has 1 unspecified atom stereocenters. The summed E-state index contributed by atoms with van der Waals surface area (Å²) in [6.45, 7) is 7.69. The second-order valence-electron chi connectivity index (χ2n) is 4.77. The third-order valence-electron chi connectivity index (χ3n) is 3.45. The molecule has 0 amide bonds. The average Bonchev–Trinajstić information content (AvgIpc) is 2.43. The molecule has 1 heterocycles. The number of nitrogens with zero attached hydrogens (tertiary/aromatic N) is 2. The number of rotatable bonds is 8. The average molecular weight is 266 g/mol. The molecule has 0 saturated heterocycles. The number of aliphatic hydroxyl groups excluding tert-OH is 1. The number of ether oxygens (including phenoxy) is 1. The highest BCUT2D eigenvalue weighted by Crippen LogP contribution is 2.21. The Morgan fingerprint density at radius 1 is 1.32 bits per heavy atom. The Balaban J connectivity index is 2.89. The van der Waals surface area contributed by atoms with Gasteiger partial charge in [0.1, 0.15) is 0 Å². The summed E-state index contributed by atoms with van der Waals surface area (Å²) in [5, 5.41) is 9.50. The maximum absolute atomic E-state index is 9.50. The highest BCUT2D eigenvalue weighted by molar-refractivity contribution is 5.45. The van der Waals surface area contributed by atoms with Crippen LogP contribution in [-0.2, 0) is 4.74 Å². The Morgan fingerprint density at radius 2 is 2.00 bits per heavy atom. The van der Waals surface area contributed by atoms with Gasteiger partial charge in [-0.25, -0.2) is 0 Å². The topological polar surface area (TPSA) is 45.6 Å². The van der Waals surface area contributed by atoms with Gasteiger partial charge in [-0.2, -0.15) is 0 Å². The molecule has 4 heteroatoms. The molecule has 0 aliphatic rings. The highest BCUT2D eigenvalue weighted by atomic mass is 16.5. The minimum Gasteiger partial charge on any atom is -0.387 e. The number of anilines is 1. The van der Waals surface area contributed by atoms with E-state index in [0.29, 0.717) is 18.3 Å². The summed E-state index contributed by atoms with van der Waals surface area (Å²) >= 11 is 0. The smallest absolute Gasteiger partial charge is 0.0931 e. The van der Waals surface area contributed by atoms with Gasteiger partial charge >= 0.3 is 0 Å². The number of hydrogen-bond acceptors (Lipinski definition) is 4. The highest BCUT2D eigenvalue weighted by Gasteiger charge is 2.16. The zero-order chi connectivity index (χ0) is 14.3. The fourth-order valence-electron chi connectivity index (χ4n) is 2.26. The van der Waals surface area contributed by atoms with Gasteiger partial charge in [0.05, 0.1) is 30.3 Å². The summed E-state index contributed by atoms with van der Waals surface area (Å²) in [7, 11) is 1.72. The molecule has 0 aliphatic heterocycles. The van der Waals surface area contributed by atoms with Gasteiger partial charge in [0.15, 0.2) is 0 Å². The van der Waals surface area contributed by atoms with Crippen molar-refractivity contribution < 1.29 is 9.84 Å². The summed E-state index contributed by atoms with van der Waals surface area (Å²) < 4.78 is 5.19. The SMILES string of the molecule is CCC(CC)N(CCOC)c1ccc(C(C)O)nc1. The molecule has 0 spiro atoms. The molecule has 1 atom stereocenters. The number of aromatic nitrogens is 1. The van der Waals surface area contributed by atoms with Crippen LogP contribution in [-0.4, -0.2) is 36.4 Å². The van der Waals surface area contributed by atoms with Crippen molar-refractivity contribution in [3.05, 3.63) is 24.0 Å². The van der Waals surface area contributed by atoms with Crippen LogP contribution in [0.4, 0.5) is 5.69 Å². The van der Waals surface area contributed by atoms with Gasteiger partial charge in [-0.1, -0.05) is 13.8 Å². The van der Waals surface area contributed by atoms with Crippen molar-refractivity contribution in [3.8, 4) is 0 Å². The van der Waals surface area contributed by atoms with Crippen LogP contribution in [0.25, 0.3) is 0 Å². The van der Waals surface area contributed by atoms with E-state index in [2.05, 4.69) is 23.7 Å². The van der Waals surface area contributed by atoms with Gasteiger partial charge in [-0.3, -0.25) is 4.98 Å². The van der Waals surface area contributed by atoms with Crippen LogP contribution in [0.5, 0.6) is 0 Å². The molecule has 108 valence electrons. The quantitative estimate of drug-likeness (QED) is 0.786. The van der Waals surface area contributed by atoms with Crippen LogP contribution in [0.2, 0.25) is 0 Å². The lowest BCUT2D eigenvalue weighted by Crippen LogP contribution is -2.37. The summed E-state index contributed by atoms with van der Waals surface area (Å²) in [5.41, 5.74) is 1.80. The van der Waals surface area contributed by atoms with Crippen molar-refractivity contribution in [1.29, 1.82) is 0 Å². The first-order chi connectivity index (χ1) is 9.13. The lowest BCUT2D eigenvalue weighted by molar-refractivity contribution is 0.194. The zero-order valence-electron chi connectivity index (χ0n) is 12.5. The second kappa shape index (κ2) is 8.12. The lowest BCUT2D eigenvalue weighted by Gasteiger charge is -2.32. The van der Waals surface area contributed by atoms with Crippen molar-refractivity contribution >= 4 is 5.69 Å². The molecular formula is C15H26N2O2. The zero-order valence-corrected chi connectivity index (χ0v) is 12.5. The Morgan fingerprint density at radius 3 is 2.42 bits per heavy atom. The van der Waals surface area contributed by atoms with Crippen molar-refractivity contribution in [3.63, 3.8) is 0 Å². The van der Waals surface area contributed by atoms with E-state index in [4.69, 9.17) is 4.74 Å². The normalized spacial score (nSPS) is 12.7. The van der Waals surface area contributed by atoms with Crippen LogP contribution in [0.15, 0.2) is 18.3 Å². The third kappa shape index (κ3) is 4.48. The van der Waals surface area contributed by atoms with Gasteiger partial charge in [-0.15, -0.1) is 0 Å². The summed E-state index contributed by atoms with van der Waals surface area (Å²) in [6, 6.07) is 4.42. The predicted octanol–water partition coefficient (Wildman–Crippen LogP) is 2.78. The van der Waals surface area contributed by atoms with Crippen LogP contribution >= 0.6 is 0 Å². The van der Waals surface area contributed by atoms with Crippen LogP contribution in [0, 0.1) is 0 Å². The van der Waals surface area contributed by atoms with E-state index in [1.165, 1.54) is 0 Å². The van der Waals surface area contributed by atoms with Gasteiger partial charge in [0.2, 0.25) is 0 Å². The predicted molar refractivity (Wildman–Crippen MR) is 78.5 cm³/mol.